The summed E-state index contributed by atoms with van der Waals surface area (Å²) in [6.07, 6.45) is 0. The maximum absolute atomic E-state index is 13.3. The molecule has 0 saturated carbocycles. The van der Waals surface area contributed by atoms with Gasteiger partial charge in [0.05, 0.1) is 12.1 Å². The predicted octanol–water partition coefficient (Wildman–Crippen LogP) is 1.49. The maximum Gasteiger partial charge on any atom is 0.254 e. The molecule has 5 heteroatoms. The highest BCUT2D eigenvalue weighted by Crippen LogP contribution is 2.14. The molecule has 0 aliphatic rings. The third-order valence-electron chi connectivity index (χ3n) is 2.26. The SMILES string of the molecule is CC(C)C(=O)CNC(=O)c1ccc(O)cc1F. The molecular formula is C12H14FNO3. The standard InChI is InChI=1S/C12H14FNO3/c1-7(2)11(16)6-14-12(17)9-4-3-8(15)5-10(9)13/h3-5,7,15H,6H2,1-2H3,(H,14,17). The Morgan fingerprint density at radius 2 is 2.06 bits per heavy atom. The van der Waals surface area contributed by atoms with Gasteiger partial charge in [0, 0.05) is 12.0 Å². The largest absolute Gasteiger partial charge is 0.508 e. The fourth-order valence-electron chi connectivity index (χ4n) is 1.15. The van der Waals surface area contributed by atoms with Crippen molar-refractivity contribution in [2.75, 3.05) is 6.54 Å². The number of rotatable bonds is 4. The van der Waals surface area contributed by atoms with Gasteiger partial charge in [0.1, 0.15) is 11.6 Å². The second kappa shape index (κ2) is 5.43. The third-order valence-corrected chi connectivity index (χ3v) is 2.26. The minimum absolute atomic E-state index is 0.127. The molecular weight excluding hydrogens is 225 g/mol. The van der Waals surface area contributed by atoms with Gasteiger partial charge in [0.15, 0.2) is 5.78 Å². The highest BCUT2D eigenvalue weighted by molar-refractivity contribution is 5.97. The summed E-state index contributed by atoms with van der Waals surface area (Å²) in [5.41, 5.74) is -0.195. The molecule has 0 aliphatic heterocycles. The molecule has 1 aromatic rings. The molecule has 0 radical (unpaired) electrons. The van der Waals surface area contributed by atoms with Crippen molar-refractivity contribution in [2.45, 2.75) is 13.8 Å². The lowest BCUT2D eigenvalue weighted by Gasteiger charge is -2.07. The molecule has 0 atom stereocenters. The van der Waals surface area contributed by atoms with Crippen LogP contribution in [0.5, 0.6) is 5.75 Å². The summed E-state index contributed by atoms with van der Waals surface area (Å²) < 4.78 is 13.3. The summed E-state index contributed by atoms with van der Waals surface area (Å²) in [5.74, 6) is -2.05. The number of Topliss-reactive ketones (excluding diaryl/α,β-unsaturated/α-hetero) is 1. The van der Waals surface area contributed by atoms with Crippen LogP contribution in [0.15, 0.2) is 18.2 Å². The van der Waals surface area contributed by atoms with Crippen LogP contribution in [-0.4, -0.2) is 23.3 Å². The number of nitrogens with one attached hydrogen (secondary N) is 1. The van der Waals surface area contributed by atoms with E-state index < -0.39 is 11.7 Å². The molecule has 0 aromatic heterocycles. The Bertz CT molecular complexity index is 443. The van der Waals surface area contributed by atoms with Crippen molar-refractivity contribution in [2.24, 2.45) is 5.92 Å². The van der Waals surface area contributed by atoms with Crippen LogP contribution in [0, 0.1) is 11.7 Å². The smallest absolute Gasteiger partial charge is 0.254 e. The Balaban J connectivity index is 2.68. The van der Waals surface area contributed by atoms with Gasteiger partial charge in [-0.3, -0.25) is 9.59 Å². The van der Waals surface area contributed by atoms with E-state index >= 15 is 0 Å². The van der Waals surface area contributed by atoms with Crippen LogP contribution >= 0.6 is 0 Å². The van der Waals surface area contributed by atoms with Crippen molar-refractivity contribution < 1.29 is 19.1 Å². The van der Waals surface area contributed by atoms with Gasteiger partial charge in [-0.05, 0) is 12.1 Å². The Morgan fingerprint density at radius 3 is 2.59 bits per heavy atom. The zero-order chi connectivity index (χ0) is 13.0. The number of hydrogen-bond donors (Lipinski definition) is 2. The van der Waals surface area contributed by atoms with Gasteiger partial charge >= 0.3 is 0 Å². The molecule has 0 bridgehead atoms. The van der Waals surface area contributed by atoms with Gasteiger partial charge in [-0.25, -0.2) is 4.39 Å². The van der Waals surface area contributed by atoms with E-state index in [0.29, 0.717) is 0 Å². The quantitative estimate of drug-likeness (QED) is 0.836. The summed E-state index contributed by atoms with van der Waals surface area (Å²) in [4.78, 5) is 22.8. The molecule has 2 N–H and O–H groups in total. The number of ketones is 1. The second-order valence-electron chi connectivity index (χ2n) is 3.97. The lowest BCUT2D eigenvalue weighted by atomic mass is 10.1. The molecule has 1 amide bonds. The fraction of sp³-hybridized carbons (Fsp3) is 0.333. The van der Waals surface area contributed by atoms with Crippen molar-refractivity contribution in [3.8, 4) is 5.75 Å². The van der Waals surface area contributed by atoms with Gasteiger partial charge in [0.2, 0.25) is 0 Å². The van der Waals surface area contributed by atoms with E-state index in [2.05, 4.69) is 5.32 Å². The van der Waals surface area contributed by atoms with Gasteiger partial charge in [-0.15, -0.1) is 0 Å². The van der Waals surface area contributed by atoms with Crippen LogP contribution < -0.4 is 5.32 Å². The number of phenols is 1. The van der Waals surface area contributed by atoms with Crippen LogP contribution in [0.4, 0.5) is 4.39 Å². The number of phenolic OH excluding ortho intramolecular Hbond substituents is 1. The minimum atomic E-state index is -0.820. The van der Waals surface area contributed by atoms with Crippen LogP contribution in [0.3, 0.4) is 0 Å². The lowest BCUT2D eigenvalue weighted by Crippen LogP contribution is -2.32. The van der Waals surface area contributed by atoms with Gasteiger partial charge < -0.3 is 10.4 Å². The zero-order valence-electron chi connectivity index (χ0n) is 9.66. The number of benzene rings is 1. The van der Waals surface area contributed by atoms with Crippen molar-refractivity contribution in [1.82, 2.24) is 5.32 Å². The average Bonchev–Trinajstić information content (AvgIpc) is 2.25. The summed E-state index contributed by atoms with van der Waals surface area (Å²) in [6.45, 7) is 3.31. The molecule has 1 rings (SSSR count). The second-order valence-corrected chi connectivity index (χ2v) is 3.97. The molecule has 0 aliphatic carbocycles. The summed E-state index contributed by atoms with van der Waals surface area (Å²) >= 11 is 0. The first-order valence-electron chi connectivity index (χ1n) is 5.21. The molecule has 0 fully saturated rings. The average molecular weight is 239 g/mol. The number of amides is 1. The zero-order valence-corrected chi connectivity index (χ0v) is 9.66. The van der Waals surface area contributed by atoms with E-state index in [4.69, 9.17) is 5.11 Å². The molecule has 0 unspecified atom stereocenters. The number of aromatic hydroxyl groups is 1. The van der Waals surface area contributed by atoms with Crippen molar-refractivity contribution >= 4 is 11.7 Å². The van der Waals surface area contributed by atoms with E-state index in [-0.39, 0.29) is 29.6 Å². The highest BCUT2D eigenvalue weighted by atomic mass is 19.1. The summed E-state index contributed by atoms with van der Waals surface area (Å²) in [6, 6.07) is 3.22. The van der Waals surface area contributed by atoms with Crippen LogP contribution in [0.2, 0.25) is 0 Å². The Kier molecular flexibility index (Phi) is 4.20. The van der Waals surface area contributed by atoms with Crippen molar-refractivity contribution in [1.29, 1.82) is 0 Å². The van der Waals surface area contributed by atoms with Crippen molar-refractivity contribution in [3.05, 3.63) is 29.6 Å². The summed E-state index contributed by atoms with van der Waals surface area (Å²) in [7, 11) is 0. The monoisotopic (exact) mass is 239 g/mol. The van der Waals surface area contributed by atoms with Gasteiger partial charge in [-0.2, -0.15) is 0 Å². The predicted molar refractivity (Wildman–Crippen MR) is 60.2 cm³/mol. The van der Waals surface area contributed by atoms with Gasteiger partial charge in [0.25, 0.3) is 5.91 Å². The number of carbonyl (C=O) groups excluding carboxylic acids is 2. The number of hydrogen-bond acceptors (Lipinski definition) is 3. The number of carbonyl (C=O) groups is 2. The van der Waals surface area contributed by atoms with E-state index in [0.717, 1.165) is 6.07 Å². The van der Waals surface area contributed by atoms with E-state index in [9.17, 15) is 14.0 Å². The molecule has 0 saturated heterocycles. The van der Waals surface area contributed by atoms with E-state index in [1.807, 2.05) is 0 Å². The first kappa shape index (κ1) is 13.2. The minimum Gasteiger partial charge on any atom is -0.508 e. The van der Waals surface area contributed by atoms with Crippen LogP contribution in [0.25, 0.3) is 0 Å². The summed E-state index contributed by atoms with van der Waals surface area (Å²) in [5, 5.41) is 11.3. The molecule has 0 heterocycles. The molecule has 4 nitrogen and oxygen atoms in total. The van der Waals surface area contributed by atoms with Crippen LogP contribution in [0.1, 0.15) is 24.2 Å². The Labute approximate surface area is 98.5 Å². The lowest BCUT2D eigenvalue weighted by molar-refractivity contribution is -0.120. The molecule has 92 valence electrons. The first-order chi connectivity index (χ1) is 7.91. The van der Waals surface area contributed by atoms with E-state index in [1.165, 1.54) is 12.1 Å². The maximum atomic E-state index is 13.3. The normalized spacial score (nSPS) is 10.4. The van der Waals surface area contributed by atoms with E-state index in [1.54, 1.807) is 13.8 Å². The van der Waals surface area contributed by atoms with Crippen molar-refractivity contribution in [3.63, 3.8) is 0 Å². The highest BCUT2D eigenvalue weighted by Gasteiger charge is 2.14. The van der Waals surface area contributed by atoms with Gasteiger partial charge in [-0.1, -0.05) is 13.8 Å². The molecule has 0 spiro atoms. The molecule has 17 heavy (non-hydrogen) atoms. The topological polar surface area (TPSA) is 66.4 Å². The third kappa shape index (κ3) is 3.55. The fourth-order valence-corrected chi connectivity index (χ4v) is 1.15. The Hall–Kier alpha value is -1.91. The Morgan fingerprint density at radius 1 is 1.41 bits per heavy atom. The number of halogens is 1. The first-order valence-corrected chi connectivity index (χ1v) is 5.21. The molecule has 1 aromatic carbocycles. The van der Waals surface area contributed by atoms with Crippen LogP contribution in [-0.2, 0) is 4.79 Å².